The lowest BCUT2D eigenvalue weighted by Crippen LogP contribution is -2.23. The smallest absolute Gasteiger partial charge is 0.121 e. The lowest BCUT2D eigenvalue weighted by atomic mass is 10.1. The van der Waals surface area contributed by atoms with Crippen LogP contribution < -0.4 is 10.5 Å². The van der Waals surface area contributed by atoms with Crippen molar-refractivity contribution in [2.45, 2.75) is 13.0 Å². The van der Waals surface area contributed by atoms with Crippen LogP contribution in [-0.4, -0.2) is 51.1 Å². The SMILES string of the molecule is COc1cc(N)cc(CN(C)CCCN(C)C)c1. The van der Waals surface area contributed by atoms with Crippen LogP contribution in [0.2, 0.25) is 0 Å². The third-order valence-corrected chi connectivity index (χ3v) is 2.82. The highest BCUT2D eigenvalue weighted by molar-refractivity contribution is 5.47. The molecule has 0 fully saturated rings. The van der Waals surface area contributed by atoms with Gasteiger partial charge in [-0.25, -0.2) is 0 Å². The van der Waals surface area contributed by atoms with Gasteiger partial charge in [-0.15, -0.1) is 0 Å². The molecule has 18 heavy (non-hydrogen) atoms. The van der Waals surface area contributed by atoms with Crippen molar-refractivity contribution in [3.63, 3.8) is 0 Å². The lowest BCUT2D eigenvalue weighted by molar-refractivity contribution is 0.294. The molecule has 0 atom stereocenters. The maximum Gasteiger partial charge on any atom is 0.121 e. The van der Waals surface area contributed by atoms with Crippen LogP contribution >= 0.6 is 0 Å². The van der Waals surface area contributed by atoms with Crippen LogP contribution in [0, 0.1) is 0 Å². The van der Waals surface area contributed by atoms with Crippen LogP contribution in [0.4, 0.5) is 5.69 Å². The van der Waals surface area contributed by atoms with Crippen LogP contribution in [0.3, 0.4) is 0 Å². The zero-order valence-corrected chi connectivity index (χ0v) is 11.9. The molecule has 1 aromatic rings. The van der Waals surface area contributed by atoms with E-state index >= 15 is 0 Å². The predicted octanol–water partition coefficient (Wildman–Crippen LogP) is 1.66. The third-order valence-electron chi connectivity index (χ3n) is 2.82. The van der Waals surface area contributed by atoms with Gasteiger partial charge in [-0.2, -0.15) is 0 Å². The molecule has 0 aromatic heterocycles. The number of anilines is 1. The predicted molar refractivity (Wildman–Crippen MR) is 76.9 cm³/mol. The van der Waals surface area contributed by atoms with Crippen molar-refractivity contribution in [1.29, 1.82) is 0 Å². The van der Waals surface area contributed by atoms with Gasteiger partial charge < -0.3 is 20.3 Å². The van der Waals surface area contributed by atoms with Gasteiger partial charge >= 0.3 is 0 Å². The largest absolute Gasteiger partial charge is 0.497 e. The minimum absolute atomic E-state index is 0.756. The molecule has 2 N–H and O–H groups in total. The van der Waals surface area contributed by atoms with Gasteiger partial charge in [-0.05, 0) is 58.3 Å². The molecule has 4 nitrogen and oxygen atoms in total. The summed E-state index contributed by atoms with van der Waals surface area (Å²) in [5, 5.41) is 0. The first-order valence-corrected chi connectivity index (χ1v) is 6.28. The van der Waals surface area contributed by atoms with E-state index < -0.39 is 0 Å². The van der Waals surface area contributed by atoms with Gasteiger partial charge in [0.1, 0.15) is 5.75 Å². The molecule has 0 bridgehead atoms. The second kappa shape index (κ2) is 7.24. The monoisotopic (exact) mass is 251 g/mol. The topological polar surface area (TPSA) is 41.7 Å². The Balaban J connectivity index is 2.48. The normalized spacial score (nSPS) is 11.2. The van der Waals surface area contributed by atoms with E-state index in [4.69, 9.17) is 10.5 Å². The lowest BCUT2D eigenvalue weighted by Gasteiger charge is -2.18. The van der Waals surface area contributed by atoms with Crippen molar-refractivity contribution in [2.75, 3.05) is 47.1 Å². The Bertz CT molecular complexity index is 366. The number of hydrogen-bond donors (Lipinski definition) is 1. The van der Waals surface area contributed by atoms with Crippen molar-refractivity contribution in [3.8, 4) is 5.75 Å². The summed E-state index contributed by atoms with van der Waals surface area (Å²) in [7, 11) is 8.00. The molecule has 0 heterocycles. The van der Waals surface area contributed by atoms with Gasteiger partial charge in [0, 0.05) is 18.3 Å². The van der Waals surface area contributed by atoms with Crippen LogP contribution in [0.15, 0.2) is 18.2 Å². The Morgan fingerprint density at radius 3 is 2.44 bits per heavy atom. The summed E-state index contributed by atoms with van der Waals surface area (Å²) >= 11 is 0. The van der Waals surface area contributed by atoms with Crippen LogP contribution in [0.1, 0.15) is 12.0 Å². The first-order valence-electron chi connectivity index (χ1n) is 6.28. The molecular weight excluding hydrogens is 226 g/mol. The van der Waals surface area contributed by atoms with Crippen molar-refractivity contribution >= 4 is 5.69 Å². The molecule has 4 heteroatoms. The fraction of sp³-hybridized carbons (Fsp3) is 0.571. The molecule has 0 amide bonds. The van der Waals surface area contributed by atoms with E-state index in [1.807, 2.05) is 18.2 Å². The fourth-order valence-electron chi connectivity index (χ4n) is 1.94. The number of hydrogen-bond acceptors (Lipinski definition) is 4. The minimum Gasteiger partial charge on any atom is -0.497 e. The van der Waals surface area contributed by atoms with Crippen LogP contribution in [-0.2, 0) is 6.54 Å². The molecule has 102 valence electrons. The van der Waals surface area contributed by atoms with Crippen molar-refractivity contribution in [1.82, 2.24) is 9.80 Å². The molecule has 0 aliphatic carbocycles. The Hall–Kier alpha value is -1.26. The first-order chi connectivity index (χ1) is 8.51. The summed E-state index contributed by atoms with van der Waals surface area (Å²) in [5.41, 5.74) is 7.79. The highest BCUT2D eigenvalue weighted by Crippen LogP contribution is 2.19. The first kappa shape index (κ1) is 14.8. The fourth-order valence-corrected chi connectivity index (χ4v) is 1.94. The number of nitrogens with two attached hydrogens (primary N) is 1. The highest BCUT2D eigenvalue weighted by atomic mass is 16.5. The minimum atomic E-state index is 0.756. The third kappa shape index (κ3) is 5.38. The number of nitrogens with zero attached hydrogens (tertiary/aromatic N) is 2. The van der Waals surface area contributed by atoms with E-state index in [0.717, 1.165) is 31.1 Å². The molecule has 0 spiro atoms. The zero-order valence-electron chi connectivity index (χ0n) is 11.9. The van der Waals surface area contributed by atoms with E-state index in [0.29, 0.717) is 0 Å². The number of benzene rings is 1. The van der Waals surface area contributed by atoms with Gasteiger partial charge in [-0.1, -0.05) is 0 Å². The second-order valence-electron chi connectivity index (χ2n) is 5.01. The molecule has 0 aliphatic rings. The summed E-state index contributed by atoms with van der Waals surface area (Å²) < 4.78 is 5.22. The van der Waals surface area contributed by atoms with Gasteiger partial charge in [0.2, 0.25) is 0 Å². The average Bonchev–Trinajstić information content (AvgIpc) is 2.27. The van der Waals surface area contributed by atoms with E-state index in [9.17, 15) is 0 Å². The van der Waals surface area contributed by atoms with Gasteiger partial charge in [0.25, 0.3) is 0 Å². The number of rotatable bonds is 7. The highest BCUT2D eigenvalue weighted by Gasteiger charge is 2.03. The zero-order chi connectivity index (χ0) is 13.5. The summed E-state index contributed by atoms with van der Waals surface area (Å²) in [5.74, 6) is 0.826. The van der Waals surface area contributed by atoms with Crippen LogP contribution in [0.25, 0.3) is 0 Å². The quantitative estimate of drug-likeness (QED) is 0.748. The summed E-state index contributed by atoms with van der Waals surface area (Å²) in [6.07, 6.45) is 1.17. The van der Waals surface area contributed by atoms with E-state index in [1.54, 1.807) is 7.11 Å². The summed E-state index contributed by atoms with van der Waals surface area (Å²) in [6.45, 7) is 3.09. The van der Waals surface area contributed by atoms with Crippen molar-refractivity contribution in [3.05, 3.63) is 23.8 Å². The summed E-state index contributed by atoms with van der Waals surface area (Å²) in [4.78, 5) is 4.51. The molecular formula is C14H25N3O. The molecule has 1 aromatic carbocycles. The maximum atomic E-state index is 5.85. The van der Waals surface area contributed by atoms with E-state index in [2.05, 4.69) is 30.9 Å². The molecule has 0 saturated carbocycles. The van der Waals surface area contributed by atoms with Crippen molar-refractivity contribution in [2.24, 2.45) is 0 Å². The van der Waals surface area contributed by atoms with E-state index in [1.165, 1.54) is 12.0 Å². The van der Waals surface area contributed by atoms with Gasteiger partial charge in [0.15, 0.2) is 0 Å². The molecule has 0 unspecified atom stereocenters. The number of ether oxygens (including phenoxy) is 1. The van der Waals surface area contributed by atoms with Crippen molar-refractivity contribution < 1.29 is 4.74 Å². The Labute approximate surface area is 110 Å². The number of nitrogen functional groups attached to an aromatic ring is 1. The standard InChI is InChI=1S/C14H25N3O/c1-16(2)6-5-7-17(3)11-12-8-13(15)10-14(9-12)18-4/h8-10H,5-7,11,15H2,1-4H3. The molecule has 0 aliphatic heterocycles. The maximum absolute atomic E-state index is 5.85. The molecule has 0 saturated heterocycles. The molecule has 1 rings (SSSR count). The summed E-state index contributed by atoms with van der Waals surface area (Å²) in [6, 6.07) is 5.89. The van der Waals surface area contributed by atoms with Crippen LogP contribution in [0.5, 0.6) is 5.75 Å². The van der Waals surface area contributed by atoms with Gasteiger partial charge in [0.05, 0.1) is 7.11 Å². The Morgan fingerprint density at radius 2 is 1.83 bits per heavy atom. The Kier molecular flexibility index (Phi) is 5.95. The second-order valence-corrected chi connectivity index (χ2v) is 5.01. The average molecular weight is 251 g/mol. The number of methoxy groups -OCH3 is 1. The Morgan fingerprint density at radius 1 is 1.11 bits per heavy atom. The van der Waals surface area contributed by atoms with Gasteiger partial charge in [-0.3, -0.25) is 0 Å². The molecule has 0 radical (unpaired) electrons. The van der Waals surface area contributed by atoms with E-state index in [-0.39, 0.29) is 0 Å².